The molecule has 1 aromatic heterocycles. The van der Waals surface area contributed by atoms with Crippen molar-refractivity contribution < 1.29 is 4.79 Å². The van der Waals surface area contributed by atoms with Crippen LogP contribution in [0.4, 0.5) is 11.5 Å². The number of carbonyl (C=O) groups is 1. The summed E-state index contributed by atoms with van der Waals surface area (Å²) in [6, 6.07) is 9.60. The van der Waals surface area contributed by atoms with Gasteiger partial charge in [-0.05, 0) is 26.0 Å². The Morgan fingerprint density at radius 3 is 2.61 bits per heavy atom. The highest BCUT2D eigenvalue weighted by Gasteiger charge is 2.08. The van der Waals surface area contributed by atoms with Crippen LogP contribution < -0.4 is 10.6 Å². The van der Waals surface area contributed by atoms with E-state index in [1.165, 1.54) is 0 Å². The van der Waals surface area contributed by atoms with Crippen LogP contribution in [0.2, 0.25) is 0 Å². The number of anilines is 2. The fraction of sp³-hybridized carbons (Fsp3) is 0.231. The summed E-state index contributed by atoms with van der Waals surface area (Å²) in [5, 5.41) is 12.7. The Labute approximate surface area is 106 Å². The molecule has 18 heavy (non-hydrogen) atoms. The number of carbonyl (C=O) groups excluding carboxylic acids is 1. The van der Waals surface area contributed by atoms with Crippen molar-refractivity contribution in [2.75, 3.05) is 17.2 Å². The molecule has 0 spiro atoms. The Hall–Kier alpha value is -2.30. The first-order valence-electron chi connectivity index (χ1n) is 5.77. The van der Waals surface area contributed by atoms with Crippen LogP contribution in [0.5, 0.6) is 0 Å². The van der Waals surface area contributed by atoms with Gasteiger partial charge in [0.15, 0.2) is 5.82 Å². The highest BCUT2D eigenvalue weighted by molar-refractivity contribution is 5.93. The second kappa shape index (κ2) is 5.35. The fourth-order valence-electron chi connectivity index (χ4n) is 1.52. The molecule has 0 fully saturated rings. The molecule has 3 N–H and O–H groups in total. The predicted octanol–water partition coefficient (Wildman–Crippen LogP) is 2.08. The van der Waals surface area contributed by atoms with Gasteiger partial charge >= 0.3 is 0 Å². The van der Waals surface area contributed by atoms with Gasteiger partial charge in [0.1, 0.15) is 0 Å². The van der Waals surface area contributed by atoms with E-state index in [1.807, 2.05) is 44.2 Å². The van der Waals surface area contributed by atoms with Crippen LogP contribution in [0.25, 0.3) is 0 Å². The van der Waals surface area contributed by atoms with Crippen LogP contribution >= 0.6 is 0 Å². The monoisotopic (exact) mass is 244 g/mol. The number of hydrogen-bond acceptors (Lipinski definition) is 3. The van der Waals surface area contributed by atoms with Crippen LogP contribution in [-0.2, 0) is 4.79 Å². The quantitative estimate of drug-likeness (QED) is 0.771. The summed E-state index contributed by atoms with van der Waals surface area (Å²) in [6.45, 7) is 4.05. The van der Waals surface area contributed by atoms with Crippen LogP contribution in [0, 0.1) is 13.8 Å². The number of benzene rings is 1. The largest absolute Gasteiger partial charge is 0.376 e. The smallest absolute Gasteiger partial charge is 0.244 e. The normalized spacial score (nSPS) is 10.1. The lowest BCUT2D eigenvalue weighted by Crippen LogP contribution is -2.22. The standard InChI is InChI=1S/C13H16N4O/c1-9-10(2)16-17-13(9)15-12(18)8-14-11-6-4-3-5-7-11/h3-7,14H,8H2,1-2H3,(H2,15,16,17,18). The van der Waals surface area contributed by atoms with Gasteiger partial charge in [-0.2, -0.15) is 5.10 Å². The molecule has 2 rings (SSSR count). The minimum Gasteiger partial charge on any atom is -0.376 e. The summed E-state index contributed by atoms with van der Waals surface area (Å²) in [7, 11) is 0. The van der Waals surface area contributed by atoms with Gasteiger partial charge in [0.25, 0.3) is 0 Å². The Balaban J connectivity index is 1.88. The lowest BCUT2D eigenvalue weighted by molar-refractivity contribution is -0.114. The van der Waals surface area contributed by atoms with E-state index in [4.69, 9.17) is 0 Å². The zero-order chi connectivity index (χ0) is 13.0. The molecule has 5 nitrogen and oxygen atoms in total. The average Bonchev–Trinajstić information content (AvgIpc) is 2.70. The molecule has 0 saturated heterocycles. The molecular formula is C13H16N4O. The molecule has 94 valence electrons. The molecule has 0 aliphatic rings. The number of para-hydroxylation sites is 1. The van der Waals surface area contributed by atoms with Gasteiger partial charge in [-0.1, -0.05) is 18.2 Å². The van der Waals surface area contributed by atoms with Gasteiger partial charge in [-0.3, -0.25) is 9.89 Å². The second-order valence-corrected chi connectivity index (χ2v) is 4.09. The third-order valence-corrected chi connectivity index (χ3v) is 2.74. The average molecular weight is 244 g/mol. The molecule has 1 amide bonds. The zero-order valence-corrected chi connectivity index (χ0v) is 10.4. The lowest BCUT2D eigenvalue weighted by atomic mass is 10.3. The van der Waals surface area contributed by atoms with Crippen molar-refractivity contribution in [3.63, 3.8) is 0 Å². The summed E-state index contributed by atoms with van der Waals surface area (Å²) in [6.07, 6.45) is 0. The van der Waals surface area contributed by atoms with Gasteiger partial charge in [0, 0.05) is 16.9 Å². The van der Waals surface area contributed by atoms with E-state index >= 15 is 0 Å². The van der Waals surface area contributed by atoms with Crippen molar-refractivity contribution in [3.05, 3.63) is 41.6 Å². The number of aromatic amines is 1. The molecule has 0 aliphatic heterocycles. The van der Waals surface area contributed by atoms with E-state index in [0.717, 1.165) is 16.9 Å². The van der Waals surface area contributed by atoms with Crippen molar-refractivity contribution in [3.8, 4) is 0 Å². The number of hydrogen-bond donors (Lipinski definition) is 3. The van der Waals surface area contributed by atoms with E-state index in [0.29, 0.717) is 5.82 Å². The van der Waals surface area contributed by atoms with Gasteiger partial charge in [-0.15, -0.1) is 0 Å². The van der Waals surface area contributed by atoms with Gasteiger partial charge in [-0.25, -0.2) is 0 Å². The Kier molecular flexibility index (Phi) is 3.62. The second-order valence-electron chi connectivity index (χ2n) is 4.09. The summed E-state index contributed by atoms with van der Waals surface area (Å²) in [4.78, 5) is 11.7. The highest BCUT2D eigenvalue weighted by atomic mass is 16.2. The van der Waals surface area contributed by atoms with Gasteiger partial charge in [0.05, 0.1) is 6.54 Å². The van der Waals surface area contributed by atoms with Crippen LogP contribution in [0.1, 0.15) is 11.3 Å². The molecule has 0 saturated carbocycles. The molecule has 0 bridgehead atoms. The molecule has 0 unspecified atom stereocenters. The maximum absolute atomic E-state index is 11.7. The number of aromatic nitrogens is 2. The number of nitrogens with zero attached hydrogens (tertiary/aromatic N) is 1. The molecular weight excluding hydrogens is 228 g/mol. The number of nitrogens with one attached hydrogen (secondary N) is 3. The van der Waals surface area contributed by atoms with Gasteiger partial charge < -0.3 is 10.6 Å². The maximum Gasteiger partial charge on any atom is 0.244 e. The SMILES string of the molecule is Cc1[nH]nc(NC(=O)CNc2ccccc2)c1C. The van der Waals surface area contributed by atoms with E-state index in [2.05, 4.69) is 20.8 Å². The van der Waals surface area contributed by atoms with Crippen molar-refractivity contribution >= 4 is 17.4 Å². The fourth-order valence-corrected chi connectivity index (χ4v) is 1.52. The van der Waals surface area contributed by atoms with E-state index in [9.17, 15) is 4.79 Å². The summed E-state index contributed by atoms with van der Waals surface area (Å²) in [5.74, 6) is 0.473. The number of rotatable bonds is 4. The Morgan fingerprint density at radius 1 is 1.28 bits per heavy atom. The third kappa shape index (κ3) is 2.88. The molecule has 0 atom stereocenters. The van der Waals surface area contributed by atoms with Crippen molar-refractivity contribution in [2.24, 2.45) is 0 Å². The maximum atomic E-state index is 11.7. The Bertz CT molecular complexity index is 533. The summed E-state index contributed by atoms with van der Waals surface area (Å²) >= 11 is 0. The molecule has 0 radical (unpaired) electrons. The van der Waals surface area contributed by atoms with E-state index < -0.39 is 0 Å². The zero-order valence-electron chi connectivity index (χ0n) is 10.4. The summed E-state index contributed by atoms with van der Waals surface area (Å²) < 4.78 is 0. The van der Waals surface area contributed by atoms with Crippen LogP contribution in [0.3, 0.4) is 0 Å². The Morgan fingerprint density at radius 2 is 2.00 bits per heavy atom. The third-order valence-electron chi connectivity index (χ3n) is 2.74. The molecule has 1 aromatic carbocycles. The molecule has 5 heteroatoms. The van der Waals surface area contributed by atoms with Crippen LogP contribution in [-0.4, -0.2) is 22.6 Å². The molecule has 1 heterocycles. The van der Waals surface area contributed by atoms with E-state index in [1.54, 1.807) is 0 Å². The predicted molar refractivity (Wildman–Crippen MR) is 71.6 cm³/mol. The minimum absolute atomic E-state index is 0.117. The summed E-state index contributed by atoms with van der Waals surface area (Å²) in [5.41, 5.74) is 2.84. The van der Waals surface area contributed by atoms with Gasteiger partial charge in [0.2, 0.25) is 5.91 Å². The van der Waals surface area contributed by atoms with Crippen molar-refractivity contribution in [2.45, 2.75) is 13.8 Å². The number of amides is 1. The van der Waals surface area contributed by atoms with E-state index in [-0.39, 0.29) is 12.5 Å². The number of aryl methyl sites for hydroxylation is 1. The minimum atomic E-state index is -0.117. The topological polar surface area (TPSA) is 69.8 Å². The molecule has 2 aromatic rings. The van der Waals surface area contributed by atoms with Crippen molar-refractivity contribution in [1.29, 1.82) is 0 Å². The van der Waals surface area contributed by atoms with Crippen LogP contribution in [0.15, 0.2) is 30.3 Å². The number of H-pyrrole nitrogens is 1. The lowest BCUT2D eigenvalue weighted by Gasteiger charge is -2.06. The van der Waals surface area contributed by atoms with Crippen molar-refractivity contribution in [1.82, 2.24) is 10.2 Å². The molecule has 0 aliphatic carbocycles. The first-order chi connectivity index (χ1) is 8.66. The first-order valence-corrected chi connectivity index (χ1v) is 5.77. The first kappa shape index (κ1) is 12.2. The highest BCUT2D eigenvalue weighted by Crippen LogP contribution is 2.13.